The molecule has 0 nitrogen and oxygen atoms in total. The van der Waals surface area contributed by atoms with E-state index in [2.05, 4.69) is 85.7 Å². The molecular weight excluding hydrogens is 251 g/mol. The number of rotatable bonds is 6. The highest BCUT2D eigenvalue weighted by atomic mass is 14.2. The maximum atomic E-state index is 2.43. The highest BCUT2D eigenvalue weighted by Gasteiger charge is 2.33. The molecule has 0 heterocycles. The van der Waals surface area contributed by atoms with Crippen molar-refractivity contribution in [2.24, 2.45) is 11.8 Å². The summed E-state index contributed by atoms with van der Waals surface area (Å²) in [6.45, 7) is 19.6. The average Bonchev–Trinajstić information content (AvgIpc) is 2.46. The molecular formula is C20H33B. The van der Waals surface area contributed by atoms with Crippen LogP contribution in [0.5, 0.6) is 0 Å². The first kappa shape index (κ1) is 18.1. The third-order valence-electron chi connectivity index (χ3n) is 5.53. The van der Waals surface area contributed by atoms with Crippen LogP contribution in [0.4, 0.5) is 0 Å². The fourth-order valence-corrected chi connectivity index (χ4v) is 3.26. The smallest absolute Gasteiger partial charge is 0.100 e. The van der Waals surface area contributed by atoms with Crippen molar-refractivity contribution in [3.8, 4) is 0 Å². The maximum absolute atomic E-state index is 2.43. The van der Waals surface area contributed by atoms with E-state index in [1.54, 1.807) is 5.47 Å². The molecule has 0 aliphatic carbocycles. The summed E-state index contributed by atoms with van der Waals surface area (Å²) in [6.07, 6.45) is 0. The van der Waals surface area contributed by atoms with Crippen LogP contribution in [0.1, 0.15) is 61.0 Å². The molecule has 0 radical (unpaired) electrons. The summed E-state index contributed by atoms with van der Waals surface area (Å²) in [5.41, 5.74) is 4.40. The van der Waals surface area contributed by atoms with Gasteiger partial charge in [0.05, 0.1) is 0 Å². The topological polar surface area (TPSA) is 0 Å². The molecule has 21 heavy (non-hydrogen) atoms. The number of hydrogen-bond acceptors (Lipinski definition) is 0. The van der Waals surface area contributed by atoms with Gasteiger partial charge in [-0.3, -0.25) is 0 Å². The van der Waals surface area contributed by atoms with Crippen molar-refractivity contribution < 1.29 is 0 Å². The Bertz CT molecular complexity index is 442. The van der Waals surface area contributed by atoms with Crippen molar-refractivity contribution in [3.63, 3.8) is 0 Å². The van der Waals surface area contributed by atoms with Gasteiger partial charge >= 0.3 is 0 Å². The number of hydrogen-bond donors (Lipinski definition) is 0. The van der Waals surface area contributed by atoms with Crippen LogP contribution in [0.15, 0.2) is 35.8 Å². The molecule has 1 rings (SSSR count). The fraction of sp³-hybridized carbons (Fsp3) is 0.600. The Hall–Kier alpha value is -0.975. The lowest BCUT2D eigenvalue weighted by Gasteiger charge is -2.33. The lowest BCUT2D eigenvalue weighted by molar-refractivity contribution is 0.565. The third-order valence-corrected chi connectivity index (χ3v) is 5.53. The molecule has 0 amide bonds. The van der Waals surface area contributed by atoms with E-state index >= 15 is 0 Å². The molecule has 0 aliphatic rings. The van der Waals surface area contributed by atoms with E-state index in [4.69, 9.17) is 0 Å². The molecule has 0 aromatic heterocycles. The Morgan fingerprint density at radius 3 is 1.57 bits per heavy atom. The van der Waals surface area contributed by atoms with Gasteiger partial charge in [0, 0.05) is 0 Å². The minimum Gasteiger partial charge on any atom is -0.100 e. The van der Waals surface area contributed by atoms with Crippen LogP contribution < -0.4 is 0 Å². The van der Waals surface area contributed by atoms with Crippen LogP contribution in [-0.2, 0) is 0 Å². The van der Waals surface area contributed by atoms with Gasteiger partial charge in [-0.2, -0.15) is 0 Å². The molecule has 1 aromatic carbocycles. The minimum absolute atomic E-state index is 0.658. The molecule has 0 saturated heterocycles. The summed E-state index contributed by atoms with van der Waals surface area (Å²) in [7, 11) is 0. The van der Waals surface area contributed by atoms with Gasteiger partial charge in [-0.25, -0.2) is 0 Å². The van der Waals surface area contributed by atoms with E-state index in [1.165, 1.54) is 11.1 Å². The summed E-state index contributed by atoms with van der Waals surface area (Å²) in [5.74, 6) is 2.85. The molecule has 2 unspecified atom stereocenters. The molecule has 0 aliphatic heterocycles. The van der Waals surface area contributed by atoms with Crippen molar-refractivity contribution in [1.82, 2.24) is 0 Å². The van der Waals surface area contributed by atoms with E-state index in [-0.39, 0.29) is 0 Å². The van der Waals surface area contributed by atoms with E-state index < -0.39 is 0 Å². The minimum atomic E-state index is 0.658. The normalized spacial score (nSPS) is 15.9. The van der Waals surface area contributed by atoms with Crippen LogP contribution in [0, 0.1) is 11.8 Å². The second-order valence-electron chi connectivity index (χ2n) is 7.41. The van der Waals surface area contributed by atoms with Gasteiger partial charge in [0.25, 0.3) is 0 Å². The summed E-state index contributed by atoms with van der Waals surface area (Å²) in [4.78, 5) is 0. The van der Waals surface area contributed by atoms with E-state index in [0.29, 0.717) is 18.3 Å². The highest BCUT2D eigenvalue weighted by Crippen LogP contribution is 2.38. The van der Waals surface area contributed by atoms with Crippen LogP contribution in [-0.4, -0.2) is 6.71 Å². The number of allylic oxidation sites excluding steroid dienone is 2. The Labute approximate surface area is 133 Å². The zero-order chi connectivity index (χ0) is 16.2. The monoisotopic (exact) mass is 284 g/mol. The number of benzene rings is 1. The molecule has 0 fully saturated rings. The van der Waals surface area contributed by atoms with Gasteiger partial charge in [0.1, 0.15) is 0 Å². The predicted molar refractivity (Wildman–Crippen MR) is 99.0 cm³/mol. The first-order chi connectivity index (χ1) is 9.77. The summed E-state index contributed by atoms with van der Waals surface area (Å²) < 4.78 is 0. The Balaban J connectivity index is 3.24. The predicted octanol–water partition coefficient (Wildman–Crippen LogP) is 6.61. The maximum Gasteiger partial charge on any atom is 0.176 e. The van der Waals surface area contributed by atoms with Gasteiger partial charge in [0.15, 0.2) is 6.71 Å². The standard InChI is InChI=1S/C20H33B/c1-14(2)17(6)21(18(7)15(3)4)19(8)16(5)20-12-10-9-11-13-20/h9-15,17-18H,1-8H3/b19-16+. The van der Waals surface area contributed by atoms with Crippen molar-refractivity contribution in [1.29, 1.82) is 0 Å². The molecule has 0 bridgehead atoms. The summed E-state index contributed by atoms with van der Waals surface area (Å²) in [5, 5.41) is 0. The van der Waals surface area contributed by atoms with Crippen LogP contribution in [0.25, 0.3) is 5.57 Å². The van der Waals surface area contributed by atoms with Crippen molar-refractivity contribution in [3.05, 3.63) is 41.4 Å². The summed E-state index contributed by atoms with van der Waals surface area (Å²) >= 11 is 0. The second kappa shape index (κ2) is 7.87. The third kappa shape index (κ3) is 4.50. The molecule has 2 atom stereocenters. The molecule has 0 saturated carbocycles. The molecule has 116 valence electrons. The van der Waals surface area contributed by atoms with Gasteiger partial charge < -0.3 is 0 Å². The first-order valence-electron chi connectivity index (χ1n) is 8.50. The van der Waals surface area contributed by atoms with Crippen LogP contribution in [0.2, 0.25) is 11.6 Å². The van der Waals surface area contributed by atoms with E-state index in [9.17, 15) is 0 Å². The second-order valence-corrected chi connectivity index (χ2v) is 7.41. The van der Waals surface area contributed by atoms with Crippen molar-refractivity contribution >= 4 is 12.3 Å². The Kier molecular flexibility index (Phi) is 6.77. The highest BCUT2D eigenvalue weighted by molar-refractivity contribution is 6.70. The quantitative estimate of drug-likeness (QED) is 0.516. The van der Waals surface area contributed by atoms with Gasteiger partial charge in [-0.05, 0) is 12.5 Å². The molecule has 1 aromatic rings. The van der Waals surface area contributed by atoms with Crippen molar-refractivity contribution in [2.45, 2.75) is 67.0 Å². The SMILES string of the molecule is C/C(B(C(C)C(C)C)C(C)C(C)C)=C(/C)c1ccccc1. The molecule has 0 N–H and O–H groups in total. The van der Waals surface area contributed by atoms with Gasteiger partial charge in [-0.1, -0.05) is 108 Å². The van der Waals surface area contributed by atoms with E-state index in [0.717, 1.165) is 11.8 Å². The van der Waals surface area contributed by atoms with Gasteiger partial charge in [0.2, 0.25) is 0 Å². The zero-order valence-electron chi connectivity index (χ0n) is 15.3. The van der Waals surface area contributed by atoms with Crippen LogP contribution in [0.3, 0.4) is 0 Å². The lowest BCUT2D eigenvalue weighted by Crippen LogP contribution is -2.32. The fourth-order valence-electron chi connectivity index (χ4n) is 3.26. The molecule has 1 heteroatoms. The lowest BCUT2D eigenvalue weighted by atomic mass is 9.27. The van der Waals surface area contributed by atoms with E-state index in [1.807, 2.05) is 0 Å². The Morgan fingerprint density at radius 2 is 1.19 bits per heavy atom. The summed E-state index contributed by atoms with van der Waals surface area (Å²) in [6, 6.07) is 10.8. The Morgan fingerprint density at radius 1 is 0.762 bits per heavy atom. The first-order valence-corrected chi connectivity index (χ1v) is 8.50. The molecule has 0 spiro atoms. The van der Waals surface area contributed by atoms with Crippen LogP contribution >= 0.6 is 0 Å². The zero-order valence-corrected chi connectivity index (χ0v) is 15.3. The van der Waals surface area contributed by atoms with Gasteiger partial charge in [-0.15, -0.1) is 5.47 Å². The largest absolute Gasteiger partial charge is 0.176 e. The van der Waals surface area contributed by atoms with Crippen molar-refractivity contribution in [2.75, 3.05) is 0 Å². The average molecular weight is 284 g/mol.